The molecule has 1 amide bonds. The largest absolute Gasteiger partial charge is 0.497 e. The average molecular weight is 412 g/mol. The zero-order valence-electron chi connectivity index (χ0n) is 17.5. The number of amides is 1. The minimum absolute atomic E-state index is 0.136. The highest BCUT2D eigenvalue weighted by Gasteiger charge is 2.16. The lowest BCUT2D eigenvalue weighted by Gasteiger charge is -2.16. The first-order chi connectivity index (χ1) is 15.1. The molecular formula is C26H24N2O3. The van der Waals surface area contributed by atoms with Crippen LogP contribution in [-0.2, 0) is 6.54 Å². The summed E-state index contributed by atoms with van der Waals surface area (Å²) in [4.78, 5) is 24.0. The van der Waals surface area contributed by atoms with Gasteiger partial charge in [0, 0.05) is 23.7 Å². The lowest BCUT2D eigenvalue weighted by atomic mass is 10.1. The van der Waals surface area contributed by atoms with Crippen molar-refractivity contribution in [1.82, 2.24) is 9.88 Å². The predicted molar refractivity (Wildman–Crippen MR) is 122 cm³/mol. The van der Waals surface area contributed by atoms with Crippen LogP contribution in [0.4, 0.5) is 0 Å². The van der Waals surface area contributed by atoms with E-state index in [1.807, 2.05) is 73.8 Å². The van der Waals surface area contributed by atoms with Crippen molar-refractivity contribution in [2.45, 2.75) is 19.5 Å². The summed E-state index contributed by atoms with van der Waals surface area (Å²) in [6.45, 7) is 2.57. The van der Waals surface area contributed by atoms with E-state index in [9.17, 15) is 9.59 Å². The van der Waals surface area contributed by atoms with Gasteiger partial charge < -0.3 is 14.6 Å². The molecule has 0 bridgehead atoms. The van der Waals surface area contributed by atoms with E-state index in [0.717, 1.165) is 34.1 Å². The van der Waals surface area contributed by atoms with E-state index in [1.165, 1.54) is 0 Å². The van der Waals surface area contributed by atoms with Crippen molar-refractivity contribution >= 4 is 23.1 Å². The third-order valence-corrected chi connectivity index (χ3v) is 5.44. The molecule has 3 aromatic carbocycles. The van der Waals surface area contributed by atoms with Crippen molar-refractivity contribution in [2.24, 2.45) is 0 Å². The van der Waals surface area contributed by atoms with E-state index in [0.29, 0.717) is 17.7 Å². The van der Waals surface area contributed by atoms with Crippen LogP contribution in [-0.4, -0.2) is 23.9 Å². The highest BCUT2D eigenvalue weighted by atomic mass is 16.5. The fraction of sp³-hybridized carbons (Fsp3) is 0.154. The van der Waals surface area contributed by atoms with Crippen LogP contribution in [0.25, 0.3) is 10.9 Å². The molecule has 1 heterocycles. The van der Waals surface area contributed by atoms with Crippen molar-refractivity contribution in [3.8, 4) is 5.75 Å². The minimum Gasteiger partial charge on any atom is -0.497 e. The van der Waals surface area contributed by atoms with E-state index >= 15 is 0 Å². The number of benzene rings is 3. The van der Waals surface area contributed by atoms with Gasteiger partial charge in [-0.15, -0.1) is 0 Å². The Hall–Kier alpha value is -3.86. The van der Waals surface area contributed by atoms with Crippen molar-refractivity contribution in [1.29, 1.82) is 0 Å². The molecule has 1 N–H and O–H groups in total. The van der Waals surface area contributed by atoms with Crippen LogP contribution >= 0.6 is 0 Å². The third-order valence-electron chi connectivity index (χ3n) is 5.44. The van der Waals surface area contributed by atoms with Gasteiger partial charge in [-0.05, 0) is 42.3 Å². The average Bonchev–Trinajstić information content (AvgIpc) is 3.22. The summed E-state index contributed by atoms with van der Waals surface area (Å²) >= 11 is 0. The highest BCUT2D eigenvalue weighted by Crippen LogP contribution is 2.24. The summed E-state index contributed by atoms with van der Waals surface area (Å²) in [5.41, 5.74) is 4.17. The number of carbonyl (C=O) groups is 2. The maximum absolute atomic E-state index is 13.2. The van der Waals surface area contributed by atoms with Gasteiger partial charge in [-0.1, -0.05) is 48.5 Å². The first-order valence-corrected chi connectivity index (χ1v) is 10.2. The number of para-hydroxylation sites is 1. The molecule has 0 saturated carbocycles. The lowest BCUT2D eigenvalue weighted by Crippen LogP contribution is -2.27. The van der Waals surface area contributed by atoms with Gasteiger partial charge in [0.2, 0.25) is 0 Å². The molecular weight excluding hydrogens is 388 g/mol. The summed E-state index contributed by atoms with van der Waals surface area (Å²) < 4.78 is 7.42. The molecule has 5 nitrogen and oxygen atoms in total. The third kappa shape index (κ3) is 4.36. The Morgan fingerprint density at radius 3 is 2.58 bits per heavy atom. The normalized spacial score (nSPS) is 11.8. The smallest absolute Gasteiger partial charge is 0.253 e. The summed E-state index contributed by atoms with van der Waals surface area (Å²) in [5.74, 6) is 0.671. The number of hydrogen-bond acceptors (Lipinski definition) is 3. The van der Waals surface area contributed by atoms with Crippen LogP contribution in [0.5, 0.6) is 5.75 Å². The molecule has 4 rings (SSSR count). The Labute approximate surface area is 181 Å². The van der Waals surface area contributed by atoms with Gasteiger partial charge in [0.15, 0.2) is 0 Å². The predicted octanol–water partition coefficient (Wildman–Crippen LogP) is 5.00. The van der Waals surface area contributed by atoms with Gasteiger partial charge in [0.25, 0.3) is 5.91 Å². The first-order valence-electron chi connectivity index (χ1n) is 10.2. The first kappa shape index (κ1) is 20.4. The maximum atomic E-state index is 13.2. The van der Waals surface area contributed by atoms with Gasteiger partial charge in [-0.2, -0.15) is 0 Å². The highest BCUT2D eigenvalue weighted by molar-refractivity contribution is 6.06. The Morgan fingerprint density at radius 2 is 1.84 bits per heavy atom. The van der Waals surface area contributed by atoms with E-state index in [2.05, 4.69) is 9.88 Å². The molecule has 0 spiro atoms. The number of nitrogens with zero attached hydrogens (tertiary/aromatic N) is 1. The van der Waals surface area contributed by atoms with E-state index in [-0.39, 0.29) is 11.9 Å². The fourth-order valence-electron chi connectivity index (χ4n) is 3.76. The van der Waals surface area contributed by atoms with Gasteiger partial charge >= 0.3 is 0 Å². The van der Waals surface area contributed by atoms with Crippen LogP contribution in [0.2, 0.25) is 0 Å². The molecule has 5 heteroatoms. The zero-order valence-corrected chi connectivity index (χ0v) is 17.5. The standard InChI is InChI=1S/C26H24N2O3/c1-18(21-11-9-19(17-29)10-12-21)27-26(30)24-8-4-6-22-13-14-28(25(22)24)16-20-5-3-7-23(15-20)31-2/h3-15,17-18H,16H2,1-2H3,(H,27,30)/t18-/m0/s1. The number of aromatic nitrogens is 1. The van der Waals surface area contributed by atoms with Gasteiger partial charge in [0.1, 0.15) is 12.0 Å². The van der Waals surface area contributed by atoms with Gasteiger partial charge in [0.05, 0.1) is 24.2 Å². The molecule has 0 aliphatic rings. The van der Waals surface area contributed by atoms with E-state index < -0.39 is 0 Å². The SMILES string of the molecule is COc1cccc(Cn2ccc3cccc(C(=O)N[C@@H](C)c4ccc(C=O)cc4)c32)c1. The van der Waals surface area contributed by atoms with Crippen LogP contribution in [0.1, 0.15) is 44.8 Å². The summed E-state index contributed by atoms with van der Waals surface area (Å²) in [6.07, 6.45) is 2.81. The van der Waals surface area contributed by atoms with Crippen LogP contribution in [0.15, 0.2) is 79.0 Å². The zero-order chi connectivity index (χ0) is 21.8. The summed E-state index contributed by atoms with van der Waals surface area (Å²) in [6, 6.07) is 22.7. The Balaban J connectivity index is 1.61. The number of nitrogens with one attached hydrogen (secondary N) is 1. The van der Waals surface area contributed by atoms with Crippen LogP contribution in [0.3, 0.4) is 0 Å². The number of hydrogen-bond donors (Lipinski definition) is 1. The van der Waals surface area contributed by atoms with Crippen molar-refractivity contribution in [3.63, 3.8) is 0 Å². The molecule has 156 valence electrons. The Kier molecular flexibility index (Phi) is 5.85. The molecule has 1 aromatic heterocycles. The number of ether oxygens (including phenoxy) is 1. The van der Waals surface area contributed by atoms with E-state index in [4.69, 9.17) is 4.74 Å². The number of carbonyl (C=O) groups excluding carboxylic acids is 2. The molecule has 1 atom stereocenters. The number of methoxy groups -OCH3 is 1. The van der Waals surface area contributed by atoms with Gasteiger partial charge in [-0.3, -0.25) is 9.59 Å². The molecule has 0 radical (unpaired) electrons. The Bertz CT molecular complexity index is 1230. The lowest BCUT2D eigenvalue weighted by molar-refractivity contribution is 0.0940. The fourth-order valence-corrected chi connectivity index (χ4v) is 3.76. The second kappa shape index (κ2) is 8.88. The second-order valence-corrected chi connectivity index (χ2v) is 7.52. The topological polar surface area (TPSA) is 60.3 Å². The van der Waals surface area contributed by atoms with Crippen LogP contribution < -0.4 is 10.1 Å². The molecule has 0 saturated heterocycles. The molecule has 0 aliphatic carbocycles. The Morgan fingerprint density at radius 1 is 1.06 bits per heavy atom. The quantitative estimate of drug-likeness (QED) is 0.435. The molecule has 0 fully saturated rings. The minimum atomic E-state index is -0.190. The molecule has 4 aromatic rings. The maximum Gasteiger partial charge on any atom is 0.253 e. The number of rotatable bonds is 7. The monoisotopic (exact) mass is 412 g/mol. The molecule has 31 heavy (non-hydrogen) atoms. The van der Waals surface area contributed by atoms with Crippen LogP contribution in [0, 0.1) is 0 Å². The summed E-state index contributed by atoms with van der Waals surface area (Å²) in [5, 5.41) is 4.09. The number of fused-ring (bicyclic) bond motifs is 1. The summed E-state index contributed by atoms with van der Waals surface area (Å²) in [7, 11) is 1.65. The second-order valence-electron chi connectivity index (χ2n) is 7.52. The molecule has 0 unspecified atom stereocenters. The number of aldehydes is 1. The van der Waals surface area contributed by atoms with Crippen molar-refractivity contribution < 1.29 is 14.3 Å². The van der Waals surface area contributed by atoms with Crippen molar-refractivity contribution in [2.75, 3.05) is 7.11 Å². The molecule has 0 aliphatic heterocycles. The van der Waals surface area contributed by atoms with Crippen molar-refractivity contribution in [3.05, 3.63) is 101 Å². The van der Waals surface area contributed by atoms with E-state index in [1.54, 1.807) is 19.2 Å². The van der Waals surface area contributed by atoms with Gasteiger partial charge in [-0.25, -0.2) is 0 Å².